The number of aryl methyl sites for hydroxylation is 2. The Hall–Kier alpha value is -2.61. The Morgan fingerprint density at radius 1 is 1.16 bits per heavy atom. The summed E-state index contributed by atoms with van der Waals surface area (Å²) in [6, 6.07) is 9.36. The van der Waals surface area contributed by atoms with E-state index in [1.807, 2.05) is 32.0 Å². The van der Waals surface area contributed by atoms with Gasteiger partial charge in [0.2, 0.25) is 10.0 Å². The van der Waals surface area contributed by atoms with E-state index >= 15 is 4.39 Å². The molecule has 10 nitrogen and oxygen atoms in total. The van der Waals surface area contributed by atoms with E-state index in [9.17, 15) is 13.2 Å². The fourth-order valence-electron chi connectivity index (χ4n) is 3.55. The zero-order valence-electron chi connectivity index (χ0n) is 20.6. The highest BCUT2D eigenvalue weighted by molar-refractivity contribution is 7.89. The van der Waals surface area contributed by atoms with Gasteiger partial charge >= 0.3 is 5.97 Å². The Labute approximate surface area is 220 Å². The van der Waals surface area contributed by atoms with E-state index < -0.39 is 28.0 Å². The van der Waals surface area contributed by atoms with Gasteiger partial charge in [0.15, 0.2) is 6.17 Å². The van der Waals surface area contributed by atoms with Crippen molar-refractivity contribution in [1.82, 2.24) is 5.43 Å². The number of nitrogens with two attached hydrogens (primary N) is 1. The number of hydrogen-bond donors (Lipinski definition) is 2. The maximum atomic E-state index is 15.0. The summed E-state index contributed by atoms with van der Waals surface area (Å²) in [5.74, 6) is -0.563. The molecule has 3 rings (SSSR count). The molecule has 0 bridgehead atoms. The van der Waals surface area contributed by atoms with Crippen LogP contribution in [0.1, 0.15) is 16.7 Å². The second-order valence-corrected chi connectivity index (χ2v) is 10.3. The van der Waals surface area contributed by atoms with Crippen LogP contribution in [0.5, 0.6) is 0 Å². The predicted octanol–water partition coefficient (Wildman–Crippen LogP) is 2.20. The Kier molecular flexibility index (Phi) is 10.4. The number of nitrogens with zero attached hydrogens (tertiary/aromatic N) is 2. The first-order valence-corrected chi connectivity index (χ1v) is 13.5. The number of benzene rings is 2. The van der Waals surface area contributed by atoms with Crippen LogP contribution in [0.2, 0.25) is 0 Å². The van der Waals surface area contributed by atoms with Crippen LogP contribution in [0.15, 0.2) is 46.3 Å². The predicted molar refractivity (Wildman–Crippen MR) is 138 cm³/mol. The number of nitrogens with one attached hydrogen (secondary N) is 1. The van der Waals surface area contributed by atoms with Crippen LogP contribution < -0.4 is 15.6 Å². The van der Waals surface area contributed by atoms with Crippen molar-refractivity contribution in [2.24, 2.45) is 10.1 Å². The molecule has 2 aromatic rings. The standard InChI is InChI=1S/C24H30ClFN4O6S/c1-16-3-4-17(2)18(11-16)12-23-28-22(14-36-24(31)15-35-10-9-34-8-7-25)29-30(23)21-6-5-19(13-20(21)26)37(27,32)33/h3-6,11,13,22,29H,7-10,12,14-15H2,1-2H3,(H2,27,32,33). The lowest BCUT2D eigenvalue weighted by molar-refractivity contribution is -0.150. The smallest absolute Gasteiger partial charge is 0.332 e. The Morgan fingerprint density at radius 2 is 1.92 bits per heavy atom. The van der Waals surface area contributed by atoms with E-state index in [1.54, 1.807) is 0 Å². The number of halogens is 2. The summed E-state index contributed by atoms with van der Waals surface area (Å²) >= 11 is 5.51. The third-order valence-corrected chi connectivity index (χ3v) is 6.46. The van der Waals surface area contributed by atoms with Crippen molar-refractivity contribution in [3.8, 4) is 0 Å². The number of carbonyl (C=O) groups is 1. The van der Waals surface area contributed by atoms with Crippen molar-refractivity contribution >= 4 is 39.1 Å². The Morgan fingerprint density at radius 3 is 2.62 bits per heavy atom. The minimum Gasteiger partial charge on any atom is -0.460 e. The van der Waals surface area contributed by atoms with Crippen LogP contribution >= 0.6 is 11.6 Å². The third-order valence-electron chi connectivity index (χ3n) is 5.40. The Balaban J connectivity index is 1.72. The maximum Gasteiger partial charge on any atom is 0.332 e. The number of anilines is 1. The molecule has 1 unspecified atom stereocenters. The number of ether oxygens (including phenoxy) is 3. The van der Waals surface area contributed by atoms with Crippen molar-refractivity contribution < 1.29 is 31.8 Å². The second-order valence-electron chi connectivity index (χ2n) is 8.33. The normalized spacial score (nSPS) is 15.6. The van der Waals surface area contributed by atoms with Gasteiger partial charge in [-0.3, -0.25) is 5.01 Å². The summed E-state index contributed by atoms with van der Waals surface area (Å²) in [6.07, 6.45) is -0.347. The largest absolute Gasteiger partial charge is 0.460 e. The number of esters is 1. The lowest BCUT2D eigenvalue weighted by atomic mass is 10.0. The van der Waals surface area contributed by atoms with E-state index in [1.165, 1.54) is 17.1 Å². The summed E-state index contributed by atoms with van der Waals surface area (Å²) < 4.78 is 53.9. The first-order chi connectivity index (χ1) is 17.6. The average molecular weight is 557 g/mol. The number of aliphatic imine (C=N–C) groups is 1. The SMILES string of the molecule is Cc1ccc(C)c(CC2=NC(COC(=O)COCCOCCCl)NN2c2ccc(S(N)(=O)=O)cc2F)c1. The number of sulfonamides is 1. The highest BCUT2D eigenvalue weighted by Crippen LogP contribution is 2.26. The van der Waals surface area contributed by atoms with Crippen LogP contribution in [-0.4, -0.2) is 65.3 Å². The molecule has 37 heavy (non-hydrogen) atoms. The minimum atomic E-state index is -4.07. The molecule has 0 aliphatic carbocycles. The van der Waals surface area contributed by atoms with Gasteiger partial charge in [-0.2, -0.15) is 0 Å². The number of hydrazine groups is 1. The molecule has 1 atom stereocenters. The molecule has 0 spiro atoms. The van der Waals surface area contributed by atoms with Crippen molar-refractivity contribution in [3.05, 3.63) is 58.9 Å². The van der Waals surface area contributed by atoms with Gasteiger partial charge in [0.1, 0.15) is 24.9 Å². The van der Waals surface area contributed by atoms with Crippen LogP contribution in [0, 0.1) is 19.7 Å². The molecule has 0 fully saturated rings. The van der Waals surface area contributed by atoms with E-state index in [0.29, 0.717) is 31.4 Å². The summed E-state index contributed by atoms with van der Waals surface area (Å²) in [7, 11) is -4.07. The third kappa shape index (κ3) is 8.45. The van der Waals surface area contributed by atoms with Crippen molar-refractivity contribution in [2.45, 2.75) is 31.3 Å². The summed E-state index contributed by atoms with van der Waals surface area (Å²) in [5.41, 5.74) is 6.13. The van der Waals surface area contributed by atoms with Gasteiger partial charge in [-0.1, -0.05) is 23.8 Å². The maximum absolute atomic E-state index is 15.0. The van der Waals surface area contributed by atoms with E-state index in [-0.39, 0.29) is 30.4 Å². The van der Waals surface area contributed by atoms with Gasteiger partial charge in [0.25, 0.3) is 0 Å². The van der Waals surface area contributed by atoms with Crippen LogP contribution in [0.25, 0.3) is 0 Å². The summed E-state index contributed by atoms with van der Waals surface area (Å²) in [4.78, 5) is 16.3. The molecule has 0 amide bonds. The monoisotopic (exact) mass is 556 g/mol. The number of carbonyl (C=O) groups excluding carboxylic acids is 1. The van der Waals surface area contributed by atoms with Crippen molar-refractivity contribution in [1.29, 1.82) is 0 Å². The quantitative estimate of drug-likeness (QED) is 0.218. The van der Waals surface area contributed by atoms with E-state index in [2.05, 4.69) is 10.4 Å². The van der Waals surface area contributed by atoms with Gasteiger partial charge < -0.3 is 14.2 Å². The molecule has 0 aromatic heterocycles. The first kappa shape index (κ1) is 29.0. The fourth-order valence-corrected chi connectivity index (χ4v) is 4.18. The molecule has 0 radical (unpaired) electrons. The molecule has 1 heterocycles. The lowest BCUT2D eigenvalue weighted by Gasteiger charge is -2.23. The van der Waals surface area contributed by atoms with E-state index in [4.69, 9.17) is 31.0 Å². The van der Waals surface area contributed by atoms with Gasteiger partial charge in [-0.15, -0.1) is 11.6 Å². The molecule has 1 aliphatic heterocycles. The van der Waals surface area contributed by atoms with Crippen LogP contribution in [0.4, 0.5) is 10.1 Å². The number of amidine groups is 1. The molecular formula is C24H30ClFN4O6S. The topological polar surface area (TPSA) is 133 Å². The zero-order valence-corrected chi connectivity index (χ0v) is 22.1. The number of rotatable bonds is 13. The van der Waals surface area contributed by atoms with Crippen molar-refractivity contribution in [2.75, 3.05) is 43.9 Å². The molecular weight excluding hydrogens is 527 g/mol. The van der Waals surface area contributed by atoms with E-state index in [0.717, 1.165) is 22.8 Å². The minimum absolute atomic E-state index is 0.0468. The summed E-state index contributed by atoms with van der Waals surface area (Å²) in [6.45, 7) is 4.46. The van der Waals surface area contributed by atoms with Gasteiger partial charge in [-0.25, -0.2) is 33.2 Å². The Bertz CT molecular complexity index is 1240. The lowest BCUT2D eigenvalue weighted by Crippen LogP contribution is -2.43. The molecule has 0 saturated carbocycles. The molecule has 1 aliphatic rings. The van der Waals surface area contributed by atoms with Gasteiger partial charge in [0.05, 0.1) is 30.4 Å². The molecule has 202 valence electrons. The number of primary sulfonamides is 1. The first-order valence-electron chi connectivity index (χ1n) is 11.5. The highest BCUT2D eigenvalue weighted by Gasteiger charge is 2.29. The fraction of sp³-hybridized carbons (Fsp3) is 0.417. The average Bonchev–Trinajstić information content (AvgIpc) is 3.24. The number of hydrogen-bond acceptors (Lipinski definition) is 9. The second kappa shape index (κ2) is 13.3. The van der Waals surface area contributed by atoms with Crippen molar-refractivity contribution in [3.63, 3.8) is 0 Å². The van der Waals surface area contributed by atoms with Gasteiger partial charge in [0, 0.05) is 12.3 Å². The highest BCUT2D eigenvalue weighted by atomic mass is 35.5. The molecule has 2 aromatic carbocycles. The molecule has 0 saturated heterocycles. The van der Waals surface area contributed by atoms with Crippen LogP contribution in [0.3, 0.4) is 0 Å². The van der Waals surface area contributed by atoms with Gasteiger partial charge in [-0.05, 0) is 43.2 Å². The zero-order chi connectivity index (χ0) is 27.0. The van der Waals surface area contributed by atoms with Crippen LogP contribution in [-0.2, 0) is 35.4 Å². The molecule has 13 heteroatoms. The number of alkyl halides is 1. The molecule has 3 N–H and O–H groups in total. The summed E-state index contributed by atoms with van der Waals surface area (Å²) in [5, 5.41) is 6.55.